The summed E-state index contributed by atoms with van der Waals surface area (Å²) in [4.78, 5) is 1.37. The molecule has 0 radical (unpaired) electrons. The van der Waals surface area contributed by atoms with Crippen LogP contribution < -0.4 is 9.46 Å². The molecule has 8 heteroatoms. The summed E-state index contributed by atoms with van der Waals surface area (Å²) in [6.45, 7) is 1.51. The minimum atomic E-state index is -3.72. The van der Waals surface area contributed by atoms with Gasteiger partial charge in [0.2, 0.25) is 0 Å². The van der Waals surface area contributed by atoms with Crippen molar-refractivity contribution in [2.75, 3.05) is 11.8 Å². The van der Waals surface area contributed by atoms with Crippen LogP contribution in [0.1, 0.15) is 9.75 Å². The van der Waals surface area contributed by atoms with Crippen molar-refractivity contribution in [2.24, 2.45) is 0 Å². The van der Waals surface area contributed by atoms with E-state index in [1.54, 1.807) is 19.1 Å². The monoisotopic (exact) mass is 347 g/mol. The zero-order chi connectivity index (χ0) is 15.6. The summed E-state index contributed by atoms with van der Waals surface area (Å²) in [6.07, 6.45) is 0. The van der Waals surface area contributed by atoms with Gasteiger partial charge in [0.05, 0.1) is 24.4 Å². The third-order valence-electron chi connectivity index (χ3n) is 2.77. The molecule has 1 aromatic carbocycles. The normalized spacial score (nSPS) is 11.4. The van der Waals surface area contributed by atoms with Crippen molar-refractivity contribution in [1.82, 2.24) is 0 Å². The van der Waals surface area contributed by atoms with Gasteiger partial charge in [-0.05, 0) is 31.2 Å². The molecule has 0 saturated carbocycles. The Hall–Kier alpha value is -1.28. The van der Waals surface area contributed by atoms with Crippen LogP contribution in [0.3, 0.4) is 0 Å². The van der Waals surface area contributed by atoms with Crippen LogP contribution in [0.4, 0.5) is 5.69 Å². The topological polar surface area (TPSA) is 75.6 Å². The van der Waals surface area contributed by atoms with Crippen LogP contribution in [0.5, 0.6) is 5.75 Å². The summed E-state index contributed by atoms with van der Waals surface area (Å²) >= 11 is 7.22. The second-order valence-corrected chi connectivity index (χ2v) is 7.64. The van der Waals surface area contributed by atoms with Gasteiger partial charge in [0.1, 0.15) is 10.6 Å². The molecule has 5 nitrogen and oxygen atoms in total. The summed E-state index contributed by atoms with van der Waals surface area (Å²) in [5, 5.41) is 9.40. The fraction of sp³-hybridized carbons (Fsp3) is 0.231. The Bertz CT molecular complexity index is 756. The minimum absolute atomic E-state index is 0.156. The van der Waals surface area contributed by atoms with Gasteiger partial charge in [0.25, 0.3) is 10.0 Å². The van der Waals surface area contributed by atoms with Gasteiger partial charge in [0, 0.05) is 9.75 Å². The number of aryl methyl sites for hydroxylation is 1. The van der Waals surface area contributed by atoms with E-state index in [0.717, 1.165) is 0 Å². The molecule has 0 aliphatic rings. The fourth-order valence-electron chi connectivity index (χ4n) is 1.81. The molecule has 114 valence electrons. The van der Waals surface area contributed by atoms with Gasteiger partial charge >= 0.3 is 0 Å². The van der Waals surface area contributed by atoms with Gasteiger partial charge in [-0.1, -0.05) is 11.6 Å². The third kappa shape index (κ3) is 3.49. The van der Waals surface area contributed by atoms with E-state index in [0.29, 0.717) is 26.2 Å². The first kappa shape index (κ1) is 16.1. The van der Waals surface area contributed by atoms with Gasteiger partial charge in [-0.15, -0.1) is 11.3 Å². The Morgan fingerprint density at radius 1 is 1.38 bits per heavy atom. The summed E-state index contributed by atoms with van der Waals surface area (Å²) in [7, 11) is -2.24. The summed E-state index contributed by atoms with van der Waals surface area (Å²) < 4.78 is 32.2. The average molecular weight is 348 g/mol. The van der Waals surface area contributed by atoms with Crippen molar-refractivity contribution in [1.29, 1.82) is 0 Å². The van der Waals surface area contributed by atoms with E-state index in [4.69, 9.17) is 21.4 Å². The molecule has 2 N–H and O–H groups in total. The lowest BCUT2D eigenvalue weighted by molar-refractivity contribution is 0.285. The van der Waals surface area contributed by atoms with Gasteiger partial charge < -0.3 is 9.84 Å². The number of nitrogens with one attached hydrogen (secondary N) is 1. The molecule has 0 saturated heterocycles. The number of thiophene rings is 1. The molecule has 0 aliphatic carbocycles. The number of halogens is 1. The second-order valence-electron chi connectivity index (χ2n) is 4.25. The van der Waals surface area contributed by atoms with E-state index in [1.807, 2.05) is 0 Å². The Kier molecular flexibility index (Phi) is 4.77. The smallest absolute Gasteiger partial charge is 0.263 e. The molecule has 21 heavy (non-hydrogen) atoms. The fourth-order valence-corrected chi connectivity index (χ4v) is 4.61. The first-order valence-electron chi connectivity index (χ1n) is 5.94. The molecule has 0 unspecified atom stereocenters. The standard InChI is InChI=1S/C13H14ClNO4S2/c1-8-13(6-10(7-16)20-8)21(17,18)15-9-3-4-12(19-2)11(14)5-9/h3-6,15-16H,7H2,1-2H3. The van der Waals surface area contributed by atoms with Crippen molar-refractivity contribution in [3.8, 4) is 5.75 Å². The average Bonchev–Trinajstić information content (AvgIpc) is 2.81. The van der Waals surface area contributed by atoms with Gasteiger partial charge in [-0.3, -0.25) is 4.72 Å². The summed E-state index contributed by atoms with van der Waals surface area (Å²) in [5.41, 5.74) is 0.344. The Morgan fingerprint density at radius 2 is 2.10 bits per heavy atom. The highest BCUT2D eigenvalue weighted by atomic mass is 35.5. The Balaban J connectivity index is 2.32. The zero-order valence-electron chi connectivity index (χ0n) is 11.4. The Labute approximate surface area is 132 Å². The lowest BCUT2D eigenvalue weighted by atomic mass is 10.3. The molecule has 0 fully saturated rings. The molecule has 2 rings (SSSR count). The number of sulfonamides is 1. The third-order valence-corrected chi connectivity index (χ3v) is 5.74. The summed E-state index contributed by atoms with van der Waals surface area (Å²) in [5.74, 6) is 0.467. The second kappa shape index (κ2) is 6.23. The van der Waals surface area contributed by atoms with E-state index in [2.05, 4.69) is 4.72 Å². The van der Waals surface area contributed by atoms with Crippen LogP contribution in [-0.4, -0.2) is 20.6 Å². The Morgan fingerprint density at radius 3 is 2.62 bits per heavy atom. The maximum Gasteiger partial charge on any atom is 0.263 e. The van der Waals surface area contributed by atoms with E-state index < -0.39 is 10.0 Å². The minimum Gasteiger partial charge on any atom is -0.495 e. The number of aliphatic hydroxyl groups is 1. The predicted molar refractivity (Wildman–Crippen MR) is 83.8 cm³/mol. The molecule has 0 aliphatic heterocycles. The van der Waals surface area contributed by atoms with Gasteiger partial charge in [0.15, 0.2) is 0 Å². The molecular weight excluding hydrogens is 334 g/mol. The first-order chi connectivity index (χ1) is 9.87. The predicted octanol–water partition coefficient (Wildman–Crippen LogP) is 3.01. The first-order valence-corrected chi connectivity index (χ1v) is 8.61. The SMILES string of the molecule is COc1ccc(NS(=O)(=O)c2cc(CO)sc2C)cc1Cl. The molecule has 0 spiro atoms. The highest BCUT2D eigenvalue weighted by molar-refractivity contribution is 7.93. The van der Waals surface area contributed by atoms with Crippen LogP contribution in [-0.2, 0) is 16.6 Å². The number of hydrogen-bond donors (Lipinski definition) is 2. The van der Waals surface area contributed by atoms with Crippen molar-refractivity contribution in [2.45, 2.75) is 18.4 Å². The molecule has 2 aromatic rings. The highest BCUT2D eigenvalue weighted by Crippen LogP contribution is 2.30. The van der Waals surface area contributed by atoms with E-state index in [1.165, 1.54) is 30.6 Å². The maximum atomic E-state index is 12.4. The van der Waals surface area contributed by atoms with Crippen molar-refractivity contribution < 1.29 is 18.3 Å². The number of ether oxygens (including phenoxy) is 1. The number of aliphatic hydroxyl groups excluding tert-OH is 1. The quantitative estimate of drug-likeness (QED) is 0.871. The van der Waals surface area contributed by atoms with Crippen LogP contribution in [0.2, 0.25) is 5.02 Å². The zero-order valence-corrected chi connectivity index (χ0v) is 13.8. The molecule has 1 heterocycles. The van der Waals surface area contributed by atoms with Crippen LogP contribution in [0.25, 0.3) is 0 Å². The van der Waals surface area contributed by atoms with Gasteiger partial charge in [-0.2, -0.15) is 0 Å². The molecule has 1 aromatic heterocycles. The molecule has 0 atom stereocenters. The van der Waals surface area contributed by atoms with Crippen molar-refractivity contribution in [3.63, 3.8) is 0 Å². The number of hydrogen-bond acceptors (Lipinski definition) is 5. The number of rotatable bonds is 5. The van der Waals surface area contributed by atoms with E-state index >= 15 is 0 Å². The highest BCUT2D eigenvalue weighted by Gasteiger charge is 2.20. The number of anilines is 1. The summed E-state index contributed by atoms with van der Waals surface area (Å²) in [6, 6.07) is 6.09. The van der Waals surface area contributed by atoms with Crippen LogP contribution in [0.15, 0.2) is 29.2 Å². The van der Waals surface area contributed by atoms with E-state index in [-0.39, 0.29) is 11.5 Å². The van der Waals surface area contributed by atoms with Crippen LogP contribution >= 0.6 is 22.9 Å². The maximum absolute atomic E-state index is 12.4. The lowest BCUT2D eigenvalue weighted by Gasteiger charge is -2.09. The van der Waals surface area contributed by atoms with E-state index in [9.17, 15) is 8.42 Å². The van der Waals surface area contributed by atoms with Crippen molar-refractivity contribution in [3.05, 3.63) is 39.0 Å². The number of methoxy groups -OCH3 is 1. The lowest BCUT2D eigenvalue weighted by Crippen LogP contribution is -2.13. The molecule has 0 bridgehead atoms. The number of benzene rings is 1. The molecule has 0 amide bonds. The molecular formula is C13H14ClNO4S2. The van der Waals surface area contributed by atoms with Gasteiger partial charge in [-0.25, -0.2) is 8.42 Å². The van der Waals surface area contributed by atoms with Crippen molar-refractivity contribution >= 4 is 38.6 Å². The van der Waals surface area contributed by atoms with Crippen LogP contribution in [0, 0.1) is 6.92 Å². The largest absolute Gasteiger partial charge is 0.495 e.